The van der Waals surface area contributed by atoms with E-state index in [1.54, 1.807) is 6.08 Å². The van der Waals surface area contributed by atoms with E-state index in [4.69, 9.17) is 9.84 Å². The lowest BCUT2D eigenvalue weighted by molar-refractivity contribution is -0.134. The first-order valence-electron chi connectivity index (χ1n) is 5.86. The summed E-state index contributed by atoms with van der Waals surface area (Å²) in [4.78, 5) is 23.0. The summed E-state index contributed by atoms with van der Waals surface area (Å²) in [5.41, 5.74) is -0.815. The summed E-state index contributed by atoms with van der Waals surface area (Å²) >= 11 is 0. The van der Waals surface area contributed by atoms with Gasteiger partial charge in [0.2, 0.25) is 0 Å². The highest BCUT2D eigenvalue weighted by Crippen LogP contribution is 2.46. The zero-order valence-electron chi connectivity index (χ0n) is 11.5. The van der Waals surface area contributed by atoms with Gasteiger partial charge in [-0.05, 0) is 10.8 Å². The third kappa shape index (κ3) is 2.63. The molecule has 1 atom stereocenters. The van der Waals surface area contributed by atoms with Crippen LogP contribution in [0.3, 0.4) is 0 Å². The van der Waals surface area contributed by atoms with E-state index in [1.165, 1.54) is 13.2 Å². The van der Waals surface area contributed by atoms with E-state index in [-0.39, 0.29) is 11.0 Å². The Morgan fingerprint density at radius 2 is 2.00 bits per heavy atom. The molecular weight excluding hydrogens is 232 g/mol. The number of hydrogen-bond acceptors (Lipinski definition) is 3. The Morgan fingerprint density at radius 1 is 1.44 bits per heavy atom. The minimum absolute atomic E-state index is 0.181. The van der Waals surface area contributed by atoms with Gasteiger partial charge in [-0.3, -0.25) is 4.79 Å². The van der Waals surface area contributed by atoms with Crippen LogP contribution in [0.1, 0.15) is 34.1 Å². The molecule has 1 rings (SSSR count). The number of carboxylic acid groups (broad SMARTS) is 1. The number of allylic oxidation sites excluding steroid dienone is 3. The van der Waals surface area contributed by atoms with Crippen LogP contribution in [0.25, 0.3) is 0 Å². The van der Waals surface area contributed by atoms with Crippen molar-refractivity contribution >= 4 is 11.8 Å². The molecule has 0 amide bonds. The largest absolute Gasteiger partial charge is 0.501 e. The van der Waals surface area contributed by atoms with Crippen LogP contribution in [0.4, 0.5) is 0 Å². The minimum Gasteiger partial charge on any atom is -0.501 e. The Bertz CT molecular complexity index is 437. The Balaban J connectivity index is 3.40. The summed E-state index contributed by atoms with van der Waals surface area (Å²) in [5, 5.41) is 9.13. The molecule has 4 heteroatoms. The third-order valence-corrected chi connectivity index (χ3v) is 3.77. The van der Waals surface area contributed by atoms with Gasteiger partial charge >= 0.3 is 5.97 Å². The third-order valence-electron chi connectivity index (χ3n) is 3.77. The Morgan fingerprint density at radius 3 is 2.39 bits per heavy atom. The van der Waals surface area contributed by atoms with E-state index in [0.717, 1.165) is 0 Å². The van der Waals surface area contributed by atoms with E-state index in [2.05, 4.69) is 0 Å². The fraction of sp³-hybridized carbons (Fsp3) is 0.571. The fourth-order valence-electron chi connectivity index (χ4n) is 1.86. The van der Waals surface area contributed by atoms with Crippen molar-refractivity contribution in [3.8, 4) is 0 Å². The van der Waals surface area contributed by atoms with Gasteiger partial charge in [0.25, 0.3) is 0 Å². The predicted octanol–water partition coefficient (Wildman–Crippen LogP) is 2.55. The molecule has 0 radical (unpaired) electrons. The summed E-state index contributed by atoms with van der Waals surface area (Å²) < 4.78 is 5.17. The zero-order chi connectivity index (χ0) is 14.1. The molecule has 1 N–H and O–H groups in total. The minimum atomic E-state index is -1.19. The van der Waals surface area contributed by atoms with Crippen molar-refractivity contribution in [2.75, 3.05) is 7.11 Å². The van der Waals surface area contributed by atoms with Crippen molar-refractivity contribution in [3.63, 3.8) is 0 Å². The van der Waals surface area contributed by atoms with Crippen molar-refractivity contribution in [3.05, 3.63) is 23.5 Å². The van der Waals surface area contributed by atoms with Gasteiger partial charge in [0.1, 0.15) is 11.3 Å². The van der Waals surface area contributed by atoms with Crippen molar-refractivity contribution in [1.82, 2.24) is 0 Å². The highest BCUT2D eigenvalue weighted by atomic mass is 16.5. The highest BCUT2D eigenvalue weighted by molar-refractivity contribution is 6.21. The van der Waals surface area contributed by atoms with Crippen LogP contribution < -0.4 is 0 Å². The number of aliphatic carboxylic acids is 1. The first-order valence-corrected chi connectivity index (χ1v) is 5.86. The Hall–Kier alpha value is -1.58. The molecule has 0 aromatic heterocycles. The van der Waals surface area contributed by atoms with Gasteiger partial charge in [-0.2, -0.15) is 0 Å². The van der Waals surface area contributed by atoms with Crippen LogP contribution >= 0.6 is 0 Å². The number of carboxylic acids is 1. The van der Waals surface area contributed by atoms with Gasteiger partial charge < -0.3 is 9.84 Å². The van der Waals surface area contributed by atoms with E-state index >= 15 is 0 Å². The van der Waals surface area contributed by atoms with Crippen molar-refractivity contribution in [1.29, 1.82) is 0 Å². The van der Waals surface area contributed by atoms with Crippen LogP contribution in [0.2, 0.25) is 0 Å². The van der Waals surface area contributed by atoms with Crippen LogP contribution in [-0.4, -0.2) is 24.0 Å². The second-order valence-corrected chi connectivity index (χ2v) is 5.89. The molecule has 0 aromatic carbocycles. The second kappa shape index (κ2) is 4.59. The normalized spacial score (nSPS) is 25.1. The summed E-state index contributed by atoms with van der Waals surface area (Å²) in [6, 6.07) is 0. The van der Waals surface area contributed by atoms with Crippen LogP contribution in [-0.2, 0) is 14.3 Å². The first kappa shape index (κ1) is 14.5. The number of ketones is 1. The molecule has 0 aliphatic heterocycles. The predicted molar refractivity (Wildman–Crippen MR) is 68.0 cm³/mol. The van der Waals surface area contributed by atoms with Crippen molar-refractivity contribution in [2.45, 2.75) is 34.1 Å². The first-order chi connectivity index (χ1) is 8.10. The van der Waals surface area contributed by atoms with E-state index in [1.807, 2.05) is 27.7 Å². The molecular formula is C14H20O4. The maximum Gasteiger partial charge on any atom is 0.339 e. The van der Waals surface area contributed by atoms with Gasteiger partial charge in [0, 0.05) is 12.5 Å². The van der Waals surface area contributed by atoms with E-state index in [0.29, 0.717) is 12.2 Å². The monoisotopic (exact) mass is 252 g/mol. The molecule has 0 bridgehead atoms. The van der Waals surface area contributed by atoms with E-state index in [9.17, 15) is 9.59 Å². The average Bonchev–Trinajstić information content (AvgIpc) is 2.35. The lowest BCUT2D eigenvalue weighted by Crippen LogP contribution is -2.32. The second-order valence-electron chi connectivity index (χ2n) is 5.89. The van der Waals surface area contributed by atoms with Crippen molar-refractivity contribution < 1.29 is 19.4 Å². The zero-order valence-corrected chi connectivity index (χ0v) is 11.5. The van der Waals surface area contributed by atoms with Gasteiger partial charge in [0.15, 0.2) is 5.78 Å². The molecule has 100 valence electrons. The molecule has 0 saturated heterocycles. The van der Waals surface area contributed by atoms with Crippen LogP contribution in [0.15, 0.2) is 23.5 Å². The molecule has 18 heavy (non-hydrogen) atoms. The topological polar surface area (TPSA) is 63.6 Å². The molecule has 4 nitrogen and oxygen atoms in total. The summed E-state index contributed by atoms with van der Waals surface area (Å²) in [7, 11) is 1.49. The Labute approximate surface area is 107 Å². The maximum atomic E-state index is 11.8. The molecule has 0 spiro atoms. The van der Waals surface area contributed by atoms with Gasteiger partial charge in [-0.1, -0.05) is 33.8 Å². The molecule has 0 saturated carbocycles. The fourth-order valence-corrected chi connectivity index (χ4v) is 1.86. The standard InChI is InChI=1S/C14H20O4/c1-13(2,3)14(4)7-9(18-5)6-11(15)10(8-14)12(16)17/h6,8H,7H2,1-5H3,(H,16,17). The van der Waals surface area contributed by atoms with Crippen LogP contribution in [0, 0.1) is 10.8 Å². The highest BCUT2D eigenvalue weighted by Gasteiger charge is 2.40. The lowest BCUT2D eigenvalue weighted by atomic mass is 9.65. The quantitative estimate of drug-likeness (QED) is 0.767. The number of carbonyl (C=O) groups is 2. The Kier molecular flexibility index (Phi) is 3.70. The number of ether oxygens (including phenoxy) is 1. The van der Waals surface area contributed by atoms with E-state index < -0.39 is 17.2 Å². The van der Waals surface area contributed by atoms with Gasteiger partial charge in [-0.15, -0.1) is 0 Å². The van der Waals surface area contributed by atoms with Gasteiger partial charge in [0.05, 0.1) is 7.11 Å². The molecule has 1 aliphatic carbocycles. The summed E-state index contributed by atoms with van der Waals surface area (Å²) in [6.07, 6.45) is 3.35. The molecule has 0 heterocycles. The number of rotatable bonds is 2. The van der Waals surface area contributed by atoms with Crippen molar-refractivity contribution in [2.24, 2.45) is 10.8 Å². The number of carbonyl (C=O) groups excluding carboxylic acids is 1. The van der Waals surface area contributed by atoms with Crippen LogP contribution in [0.5, 0.6) is 0 Å². The van der Waals surface area contributed by atoms with Gasteiger partial charge in [-0.25, -0.2) is 4.79 Å². The molecule has 1 aliphatic rings. The number of hydrogen-bond donors (Lipinski definition) is 1. The maximum absolute atomic E-state index is 11.8. The molecule has 0 aromatic rings. The molecule has 0 fully saturated rings. The lowest BCUT2D eigenvalue weighted by Gasteiger charge is -2.39. The smallest absolute Gasteiger partial charge is 0.339 e. The summed E-state index contributed by atoms with van der Waals surface area (Å²) in [5.74, 6) is -1.18. The number of methoxy groups -OCH3 is 1. The SMILES string of the molecule is COC1=CC(=O)C(C(=O)O)=CC(C)(C(C)(C)C)C1. The average molecular weight is 252 g/mol. The molecule has 1 unspecified atom stereocenters. The summed E-state index contributed by atoms with van der Waals surface area (Å²) in [6.45, 7) is 8.01.